The monoisotopic (exact) mass is 251 g/mol. The number of aromatic nitrogens is 2. The minimum atomic E-state index is -0.166. The maximum Gasteiger partial charge on any atom is 0.0672 e. The molecule has 0 saturated carbocycles. The predicted molar refractivity (Wildman–Crippen MR) is 68.6 cm³/mol. The smallest absolute Gasteiger partial charge is 0.0672 e. The van der Waals surface area contributed by atoms with Crippen molar-refractivity contribution in [3.63, 3.8) is 0 Å². The first-order chi connectivity index (χ1) is 8.24. The average Bonchev–Trinajstić information content (AvgIpc) is 2.76. The molecule has 2 heterocycles. The number of halogens is 1. The van der Waals surface area contributed by atoms with Gasteiger partial charge in [-0.15, -0.1) is 0 Å². The van der Waals surface area contributed by atoms with Gasteiger partial charge in [-0.25, -0.2) is 0 Å². The molecule has 0 aliphatic carbocycles. The molecule has 4 nitrogen and oxygen atoms in total. The summed E-state index contributed by atoms with van der Waals surface area (Å²) in [4.78, 5) is 2.22. The van der Waals surface area contributed by atoms with Gasteiger partial charge in [-0.05, 0) is 25.0 Å². The first kappa shape index (κ1) is 10.9. The lowest BCUT2D eigenvalue weighted by Crippen LogP contribution is -2.35. The molecule has 1 fully saturated rings. The number of piperidine rings is 1. The number of H-pyrrole nitrogens is 1. The lowest BCUT2D eigenvalue weighted by Gasteiger charge is -2.32. The van der Waals surface area contributed by atoms with E-state index in [0.29, 0.717) is 0 Å². The molecule has 0 bridgehead atoms. The number of anilines is 1. The summed E-state index contributed by atoms with van der Waals surface area (Å²) in [5.41, 5.74) is 2.02. The van der Waals surface area contributed by atoms with E-state index in [2.05, 4.69) is 15.1 Å². The summed E-state index contributed by atoms with van der Waals surface area (Å²) in [7, 11) is 0. The maximum atomic E-state index is 9.51. The SMILES string of the molecule is OC1CCN(c2cc3[nH]ncc3cc2Cl)CC1. The third-order valence-corrected chi connectivity index (χ3v) is 3.62. The number of hydrogen-bond donors (Lipinski definition) is 2. The standard InChI is InChI=1S/C12H14ClN3O/c13-10-5-8-7-14-15-11(8)6-12(10)16-3-1-9(17)2-4-16/h5-7,9,17H,1-4H2,(H,14,15). The van der Waals surface area contributed by atoms with Crippen molar-refractivity contribution in [1.82, 2.24) is 10.2 Å². The third-order valence-electron chi connectivity index (χ3n) is 3.31. The van der Waals surface area contributed by atoms with Crippen LogP contribution in [0.1, 0.15) is 12.8 Å². The largest absolute Gasteiger partial charge is 0.393 e. The highest BCUT2D eigenvalue weighted by molar-refractivity contribution is 6.34. The predicted octanol–water partition coefficient (Wildman–Crippen LogP) is 2.18. The molecule has 1 aromatic carbocycles. The third kappa shape index (κ3) is 1.98. The first-order valence-electron chi connectivity index (χ1n) is 5.79. The second-order valence-corrected chi connectivity index (χ2v) is 4.89. The molecule has 5 heteroatoms. The van der Waals surface area contributed by atoms with Crippen molar-refractivity contribution in [1.29, 1.82) is 0 Å². The molecule has 1 saturated heterocycles. The zero-order valence-corrected chi connectivity index (χ0v) is 10.1. The molecule has 2 aromatic rings. The van der Waals surface area contributed by atoms with E-state index in [0.717, 1.165) is 47.5 Å². The van der Waals surface area contributed by atoms with Gasteiger partial charge in [0.1, 0.15) is 0 Å². The van der Waals surface area contributed by atoms with Gasteiger partial charge in [0, 0.05) is 18.5 Å². The zero-order chi connectivity index (χ0) is 11.8. The van der Waals surface area contributed by atoms with Crippen molar-refractivity contribution in [2.45, 2.75) is 18.9 Å². The molecule has 90 valence electrons. The highest BCUT2D eigenvalue weighted by Crippen LogP contribution is 2.31. The van der Waals surface area contributed by atoms with Crippen LogP contribution in [0.5, 0.6) is 0 Å². The number of benzene rings is 1. The van der Waals surface area contributed by atoms with Gasteiger partial charge < -0.3 is 10.0 Å². The number of nitrogens with one attached hydrogen (secondary N) is 1. The number of rotatable bonds is 1. The van der Waals surface area contributed by atoms with Gasteiger partial charge in [0.15, 0.2) is 0 Å². The summed E-state index contributed by atoms with van der Waals surface area (Å²) in [6.07, 6.45) is 3.21. The molecule has 0 atom stereocenters. The minimum Gasteiger partial charge on any atom is -0.393 e. The van der Waals surface area contributed by atoms with Crippen LogP contribution < -0.4 is 4.90 Å². The van der Waals surface area contributed by atoms with Crippen LogP contribution in [-0.4, -0.2) is 34.5 Å². The summed E-state index contributed by atoms with van der Waals surface area (Å²) in [5, 5.41) is 18.2. The van der Waals surface area contributed by atoms with Crippen LogP contribution in [0.15, 0.2) is 18.3 Å². The molecule has 2 N–H and O–H groups in total. The number of hydrogen-bond acceptors (Lipinski definition) is 3. The zero-order valence-electron chi connectivity index (χ0n) is 9.36. The highest BCUT2D eigenvalue weighted by atomic mass is 35.5. The quantitative estimate of drug-likeness (QED) is 0.817. The normalized spacial score (nSPS) is 17.9. The van der Waals surface area contributed by atoms with E-state index in [1.165, 1.54) is 0 Å². The van der Waals surface area contributed by atoms with Crippen LogP contribution in [0.3, 0.4) is 0 Å². The Morgan fingerprint density at radius 3 is 2.88 bits per heavy atom. The highest BCUT2D eigenvalue weighted by Gasteiger charge is 2.19. The van der Waals surface area contributed by atoms with Crippen molar-refractivity contribution in [2.75, 3.05) is 18.0 Å². The van der Waals surface area contributed by atoms with Gasteiger partial charge in [0.2, 0.25) is 0 Å². The number of aliphatic hydroxyl groups excluding tert-OH is 1. The topological polar surface area (TPSA) is 52.1 Å². The molecule has 0 spiro atoms. The fourth-order valence-corrected chi connectivity index (χ4v) is 2.59. The van der Waals surface area contributed by atoms with Crippen molar-refractivity contribution >= 4 is 28.2 Å². The molecule has 1 aliphatic heterocycles. The van der Waals surface area contributed by atoms with Crippen molar-refractivity contribution < 1.29 is 5.11 Å². The Balaban J connectivity index is 1.96. The summed E-state index contributed by atoms with van der Waals surface area (Å²) in [5.74, 6) is 0. The van der Waals surface area contributed by atoms with Gasteiger partial charge in [0.25, 0.3) is 0 Å². The van der Waals surface area contributed by atoms with Crippen molar-refractivity contribution in [2.24, 2.45) is 0 Å². The number of aliphatic hydroxyl groups is 1. The van der Waals surface area contributed by atoms with Crippen LogP contribution in [0.4, 0.5) is 5.69 Å². The molecule has 0 radical (unpaired) electrons. The van der Waals surface area contributed by atoms with Crippen LogP contribution >= 0.6 is 11.6 Å². The summed E-state index contributed by atoms with van der Waals surface area (Å²) in [6, 6.07) is 3.96. The molecular formula is C12H14ClN3O. The van der Waals surface area contributed by atoms with E-state index in [4.69, 9.17) is 11.6 Å². The minimum absolute atomic E-state index is 0.166. The molecular weight excluding hydrogens is 238 g/mol. The molecule has 17 heavy (non-hydrogen) atoms. The fourth-order valence-electron chi connectivity index (χ4n) is 2.30. The van der Waals surface area contributed by atoms with Crippen LogP contribution in [0.25, 0.3) is 10.9 Å². The van der Waals surface area contributed by atoms with Gasteiger partial charge in [-0.3, -0.25) is 5.10 Å². The Labute approximate surface area is 104 Å². The number of aromatic amines is 1. The van der Waals surface area contributed by atoms with Crippen LogP contribution in [0.2, 0.25) is 5.02 Å². The Kier molecular flexibility index (Phi) is 2.68. The van der Waals surface area contributed by atoms with E-state index < -0.39 is 0 Å². The van der Waals surface area contributed by atoms with Gasteiger partial charge in [-0.1, -0.05) is 11.6 Å². The Bertz CT molecular complexity index is 532. The Morgan fingerprint density at radius 2 is 2.12 bits per heavy atom. The van der Waals surface area contributed by atoms with Crippen LogP contribution in [0, 0.1) is 0 Å². The second-order valence-electron chi connectivity index (χ2n) is 4.48. The molecule has 0 amide bonds. The molecule has 1 aliphatic rings. The molecule has 0 unspecified atom stereocenters. The number of nitrogens with zero attached hydrogens (tertiary/aromatic N) is 2. The average molecular weight is 252 g/mol. The van der Waals surface area contributed by atoms with E-state index in [1.807, 2.05) is 12.1 Å². The van der Waals surface area contributed by atoms with Gasteiger partial charge >= 0.3 is 0 Å². The van der Waals surface area contributed by atoms with E-state index in [9.17, 15) is 5.11 Å². The summed E-state index contributed by atoms with van der Waals surface area (Å²) < 4.78 is 0. The second kappa shape index (κ2) is 4.20. The first-order valence-corrected chi connectivity index (χ1v) is 6.17. The van der Waals surface area contributed by atoms with Crippen LogP contribution in [-0.2, 0) is 0 Å². The lowest BCUT2D eigenvalue weighted by molar-refractivity contribution is 0.145. The van der Waals surface area contributed by atoms with Gasteiger partial charge in [-0.2, -0.15) is 5.10 Å². The van der Waals surface area contributed by atoms with E-state index >= 15 is 0 Å². The maximum absolute atomic E-state index is 9.51. The van der Waals surface area contributed by atoms with E-state index in [1.54, 1.807) is 6.20 Å². The van der Waals surface area contributed by atoms with Crippen molar-refractivity contribution in [3.8, 4) is 0 Å². The lowest BCUT2D eigenvalue weighted by atomic mass is 10.1. The van der Waals surface area contributed by atoms with Crippen molar-refractivity contribution in [3.05, 3.63) is 23.4 Å². The molecule has 1 aromatic heterocycles. The fraction of sp³-hybridized carbons (Fsp3) is 0.417. The van der Waals surface area contributed by atoms with E-state index in [-0.39, 0.29) is 6.10 Å². The number of fused-ring (bicyclic) bond motifs is 1. The molecule has 3 rings (SSSR count). The summed E-state index contributed by atoms with van der Waals surface area (Å²) >= 11 is 6.28. The summed E-state index contributed by atoms with van der Waals surface area (Å²) in [6.45, 7) is 1.70. The Hall–Kier alpha value is -1.26. The Morgan fingerprint density at radius 1 is 1.35 bits per heavy atom. The van der Waals surface area contributed by atoms with Gasteiger partial charge in [0.05, 0.1) is 28.5 Å².